The molecule has 0 fully saturated rings. The number of carbonyl (C=O) groups excluding carboxylic acids is 1. The van der Waals surface area contributed by atoms with Crippen molar-refractivity contribution in [3.63, 3.8) is 0 Å². The highest BCUT2D eigenvalue weighted by Crippen LogP contribution is 2.25. The molecule has 176 valence electrons. The lowest BCUT2D eigenvalue weighted by atomic mass is 10.1. The van der Waals surface area contributed by atoms with Crippen molar-refractivity contribution in [2.24, 2.45) is 0 Å². The van der Waals surface area contributed by atoms with Gasteiger partial charge in [-0.05, 0) is 36.4 Å². The van der Waals surface area contributed by atoms with Crippen molar-refractivity contribution < 1.29 is 14.6 Å². The summed E-state index contributed by atoms with van der Waals surface area (Å²) in [5.74, 6) is -0.235. The number of nitrogens with zero attached hydrogens (tertiary/aromatic N) is 7. The molecular formula is C23H14N8O5. The summed E-state index contributed by atoms with van der Waals surface area (Å²) >= 11 is 0. The van der Waals surface area contributed by atoms with Crippen LogP contribution in [-0.2, 0) is 0 Å². The molecule has 0 aliphatic carbocycles. The lowest BCUT2D eigenvalue weighted by molar-refractivity contribution is -0.394. The lowest BCUT2D eigenvalue weighted by Gasteiger charge is -2.07. The predicted molar refractivity (Wildman–Crippen MR) is 127 cm³/mol. The molecule has 0 spiro atoms. The van der Waals surface area contributed by atoms with E-state index in [1.165, 1.54) is 0 Å². The summed E-state index contributed by atoms with van der Waals surface area (Å²) in [6.07, 6.45) is 1.65. The van der Waals surface area contributed by atoms with Crippen molar-refractivity contribution in [1.82, 2.24) is 24.8 Å². The number of hydrogen-bond donors (Lipinski definition) is 1. The molecule has 0 aliphatic heterocycles. The van der Waals surface area contributed by atoms with Crippen molar-refractivity contribution in [1.29, 1.82) is 0 Å². The van der Waals surface area contributed by atoms with Crippen LogP contribution >= 0.6 is 0 Å². The summed E-state index contributed by atoms with van der Waals surface area (Å²) in [6.45, 7) is 0. The van der Waals surface area contributed by atoms with Gasteiger partial charge in [-0.15, -0.1) is 10.2 Å². The molecule has 13 heteroatoms. The zero-order valence-electron chi connectivity index (χ0n) is 18.2. The number of aromatic nitrogens is 5. The van der Waals surface area contributed by atoms with Crippen LogP contribution in [0.25, 0.3) is 28.4 Å². The SMILES string of the molecule is O=C(Nc1ccc(-c2ccc3nnc(-c4ccccn4)n3n2)cc1)c1cc([N+](=O)[O-])cc([N+](=O)[O-])c1. The fraction of sp³-hybridized carbons (Fsp3) is 0. The third-order valence-electron chi connectivity index (χ3n) is 5.18. The summed E-state index contributed by atoms with van der Waals surface area (Å²) in [4.78, 5) is 37.5. The average Bonchev–Trinajstić information content (AvgIpc) is 3.32. The normalized spacial score (nSPS) is 10.8. The summed E-state index contributed by atoms with van der Waals surface area (Å²) in [5, 5.41) is 37.6. The third kappa shape index (κ3) is 4.31. The predicted octanol–water partition coefficient (Wildman–Crippen LogP) is 3.92. The van der Waals surface area contributed by atoms with E-state index in [9.17, 15) is 25.0 Å². The minimum Gasteiger partial charge on any atom is -0.322 e. The zero-order valence-corrected chi connectivity index (χ0v) is 18.2. The monoisotopic (exact) mass is 482 g/mol. The van der Waals surface area contributed by atoms with Gasteiger partial charge in [-0.1, -0.05) is 18.2 Å². The Morgan fingerprint density at radius 3 is 2.19 bits per heavy atom. The van der Waals surface area contributed by atoms with E-state index >= 15 is 0 Å². The highest BCUT2D eigenvalue weighted by molar-refractivity contribution is 6.05. The Kier molecular flexibility index (Phi) is 5.54. The lowest BCUT2D eigenvalue weighted by Crippen LogP contribution is -2.12. The smallest absolute Gasteiger partial charge is 0.277 e. The summed E-state index contributed by atoms with van der Waals surface area (Å²) in [6, 6.07) is 18.4. The van der Waals surface area contributed by atoms with Crippen molar-refractivity contribution in [3.8, 4) is 22.8 Å². The summed E-state index contributed by atoms with van der Waals surface area (Å²) in [7, 11) is 0. The van der Waals surface area contributed by atoms with Crippen LogP contribution in [0.5, 0.6) is 0 Å². The molecule has 36 heavy (non-hydrogen) atoms. The number of nitro groups is 2. The van der Waals surface area contributed by atoms with Crippen LogP contribution in [0.2, 0.25) is 0 Å². The van der Waals surface area contributed by atoms with Crippen LogP contribution in [0.15, 0.2) is 79.0 Å². The molecule has 1 amide bonds. The molecule has 0 bridgehead atoms. The number of rotatable bonds is 6. The number of pyridine rings is 1. The highest BCUT2D eigenvalue weighted by Gasteiger charge is 2.20. The van der Waals surface area contributed by atoms with Gasteiger partial charge in [0.25, 0.3) is 17.3 Å². The van der Waals surface area contributed by atoms with E-state index in [0.29, 0.717) is 28.5 Å². The molecule has 0 saturated carbocycles. The molecule has 0 unspecified atom stereocenters. The first-order valence-corrected chi connectivity index (χ1v) is 10.4. The van der Waals surface area contributed by atoms with Crippen LogP contribution < -0.4 is 5.32 Å². The molecule has 0 atom stereocenters. The zero-order chi connectivity index (χ0) is 25.2. The number of hydrogen-bond acceptors (Lipinski definition) is 9. The van der Waals surface area contributed by atoms with Gasteiger partial charge in [-0.2, -0.15) is 9.61 Å². The van der Waals surface area contributed by atoms with E-state index in [1.807, 2.05) is 6.07 Å². The van der Waals surface area contributed by atoms with Gasteiger partial charge in [-0.25, -0.2) is 0 Å². The second-order valence-electron chi connectivity index (χ2n) is 7.51. The maximum Gasteiger partial charge on any atom is 0.277 e. The van der Waals surface area contributed by atoms with Crippen molar-refractivity contribution in [3.05, 3.63) is 105 Å². The number of carbonyl (C=O) groups is 1. The van der Waals surface area contributed by atoms with Crippen molar-refractivity contribution in [2.75, 3.05) is 5.32 Å². The first-order valence-electron chi connectivity index (χ1n) is 10.4. The van der Waals surface area contributed by atoms with Crippen LogP contribution in [0.1, 0.15) is 10.4 Å². The number of non-ortho nitro benzene ring substituents is 2. The maximum atomic E-state index is 12.6. The second kappa shape index (κ2) is 8.98. The minimum atomic E-state index is -0.794. The Bertz CT molecular complexity index is 1600. The molecule has 3 heterocycles. The standard InChI is InChI=1S/C23H14N8O5/c32-23(15-11-17(30(33)34)13-18(12-15)31(35)36)25-16-6-4-14(5-7-16)19-8-9-21-26-27-22(29(21)28-19)20-3-1-2-10-24-20/h1-13H,(H,25,32). The quantitative estimate of drug-likeness (QED) is 0.278. The van der Waals surface area contributed by atoms with Gasteiger partial charge in [0.15, 0.2) is 5.65 Å². The van der Waals surface area contributed by atoms with Crippen LogP contribution in [-0.4, -0.2) is 40.5 Å². The van der Waals surface area contributed by atoms with Gasteiger partial charge in [-0.3, -0.25) is 30.0 Å². The highest BCUT2D eigenvalue weighted by atomic mass is 16.6. The molecular weight excluding hydrogens is 468 g/mol. The maximum absolute atomic E-state index is 12.6. The Hall–Kier alpha value is -5.59. The third-order valence-corrected chi connectivity index (χ3v) is 5.18. The molecule has 2 aromatic carbocycles. The van der Waals surface area contributed by atoms with Crippen LogP contribution in [0.3, 0.4) is 0 Å². The largest absolute Gasteiger partial charge is 0.322 e. The van der Waals surface area contributed by atoms with Gasteiger partial charge in [0.2, 0.25) is 5.82 Å². The summed E-state index contributed by atoms with van der Waals surface area (Å²) in [5.41, 5.74) is 1.60. The van der Waals surface area contributed by atoms with Gasteiger partial charge in [0.05, 0.1) is 27.2 Å². The van der Waals surface area contributed by atoms with E-state index in [4.69, 9.17) is 0 Å². The van der Waals surface area contributed by atoms with E-state index in [-0.39, 0.29) is 5.56 Å². The molecule has 0 radical (unpaired) electrons. The Morgan fingerprint density at radius 2 is 1.56 bits per heavy atom. The van der Waals surface area contributed by atoms with Gasteiger partial charge < -0.3 is 5.32 Å². The van der Waals surface area contributed by atoms with E-state index < -0.39 is 27.1 Å². The molecule has 0 saturated heterocycles. The molecule has 1 N–H and O–H groups in total. The van der Waals surface area contributed by atoms with Gasteiger partial charge >= 0.3 is 0 Å². The first kappa shape index (κ1) is 22.2. The molecule has 5 aromatic rings. The van der Waals surface area contributed by atoms with Crippen LogP contribution in [0.4, 0.5) is 17.1 Å². The molecule has 13 nitrogen and oxygen atoms in total. The Balaban J connectivity index is 1.40. The van der Waals surface area contributed by atoms with Gasteiger partial charge in [0.1, 0.15) is 5.69 Å². The van der Waals surface area contributed by atoms with E-state index in [0.717, 1.165) is 23.8 Å². The fourth-order valence-corrected chi connectivity index (χ4v) is 3.46. The van der Waals surface area contributed by atoms with Crippen molar-refractivity contribution in [2.45, 2.75) is 0 Å². The average molecular weight is 482 g/mol. The molecule has 5 rings (SSSR count). The number of anilines is 1. The Labute approximate surface area is 201 Å². The van der Waals surface area contributed by atoms with E-state index in [2.05, 4.69) is 25.6 Å². The fourth-order valence-electron chi connectivity index (χ4n) is 3.46. The Morgan fingerprint density at radius 1 is 0.833 bits per heavy atom. The van der Waals surface area contributed by atoms with E-state index in [1.54, 1.807) is 59.2 Å². The van der Waals surface area contributed by atoms with Gasteiger partial charge in [0, 0.05) is 29.6 Å². The molecule has 3 aromatic heterocycles. The number of nitrogens with one attached hydrogen (secondary N) is 1. The number of amides is 1. The number of nitro benzene ring substituents is 2. The second-order valence-corrected chi connectivity index (χ2v) is 7.51. The minimum absolute atomic E-state index is 0.207. The summed E-state index contributed by atoms with van der Waals surface area (Å²) < 4.78 is 1.59. The van der Waals surface area contributed by atoms with Crippen LogP contribution in [0, 0.1) is 20.2 Å². The number of benzene rings is 2. The first-order chi connectivity index (χ1) is 17.4. The topological polar surface area (TPSA) is 171 Å². The van der Waals surface area contributed by atoms with Crippen molar-refractivity contribution >= 4 is 28.6 Å². The molecule has 0 aliphatic rings. The number of fused-ring (bicyclic) bond motifs is 1.